The predicted molar refractivity (Wildman–Crippen MR) is 129 cm³/mol. The van der Waals surface area contributed by atoms with Crippen LogP contribution in [0, 0.1) is 0 Å². The second kappa shape index (κ2) is 8.88. The number of aromatic nitrogens is 2. The van der Waals surface area contributed by atoms with Gasteiger partial charge in [-0.25, -0.2) is 13.4 Å². The van der Waals surface area contributed by atoms with Crippen LogP contribution >= 0.6 is 0 Å². The van der Waals surface area contributed by atoms with E-state index in [0.717, 1.165) is 17.0 Å². The quantitative estimate of drug-likeness (QED) is 0.438. The number of imidazole rings is 1. The van der Waals surface area contributed by atoms with Gasteiger partial charge in [0.2, 0.25) is 16.0 Å². The van der Waals surface area contributed by atoms with Crippen molar-refractivity contribution in [2.75, 3.05) is 38.2 Å². The number of methoxy groups -OCH3 is 1. The SMILES string of the molecule is COc1cccc(S(=O)(=O)N2CCN(c3nc4ccccc4n3Cc3ccccc3)CC2)c1. The molecule has 1 aliphatic rings. The highest BCUT2D eigenvalue weighted by atomic mass is 32.2. The molecule has 1 saturated heterocycles. The predicted octanol–water partition coefficient (Wildman–Crippen LogP) is 3.60. The van der Waals surface area contributed by atoms with Gasteiger partial charge in [-0.3, -0.25) is 0 Å². The summed E-state index contributed by atoms with van der Waals surface area (Å²) in [5.74, 6) is 1.41. The van der Waals surface area contributed by atoms with Crippen LogP contribution in [0.4, 0.5) is 5.95 Å². The van der Waals surface area contributed by atoms with Crippen molar-refractivity contribution < 1.29 is 13.2 Å². The van der Waals surface area contributed by atoms with E-state index in [2.05, 4.69) is 27.7 Å². The lowest BCUT2D eigenvalue weighted by Crippen LogP contribution is -2.49. The number of fused-ring (bicyclic) bond motifs is 1. The summed E-state index contributed by atoms with van der Waals surface area (Å²) in [5, 5.41) is 0. The normalized spacial score (nSPS) is 15.1. The molecular formula is C25H26N4O3S. The number of para-hydroxylation sites is 2. The van der Waals surface area contributed by atoms with E-state index in [1.165, 1.54) is 12.7 Å². The average Bonchev–Trinajstić information content (AvgIpc) is 3.23. The molecule has 0 N–H and O–H groups in total. The minimum absolute atomic E-state index is 0.256. The standard InChI is InChI=1S/C25H26N4O3S/c1-32-21-10-7-11-22(18-21)33(30,31)28-16-14-27(15-17-28)25-26-23-12-5-6-13-24(23)29(25)19-20-8-3-2-4-9-20/h2-13,18H,14-17,19H2,1H3. The van der Waals surface area contributed by atoms with Gasteiger partial charge in [0, 0.05) is 32.2 Å². The van der Waals surface area contributed by atoms with E-state index in [0.29, 0.717) is 38.5 Å². The van der Waals surface area contributed by atoms with Crippen molar-refractivity contribution >= 4 is 27.0 Å². The zero-order valence-electron chi connectivity index (χ0n) is 18.5. The van der Waals surface area contributed by atoms with Gasteiger partial charge < -0.3 is 14.2 Å². The number of piperazine rings is 1. The third kappa shape index (κ3) is 4.19. The lowest BCUT2D eigenvalue weighted by atomic mass is 10.2. The molecule has 5 rings (SSSR count). The topological polar surface area (TPSA) is 67.7 Å². The minimum atomic E-state index is -3.58. The van der Waals surface area contributed by atoms with Crippen molar-refractivity contribution in [3.8, 4) is 5.75 Å². The number of nitrogens with zero attached hydrogens (tertiary/aromatic N) is 4. The molecule has 0 bridgehead atoms. The zero-order chi connectivity index (χ0) is 22.8. The number of anilines is 1. The van der Waals surface area contributed by atoms with Crippen molar-refractivity contribution in [2.24, 2.45) is 0 Å². The summed E-state index contributed by atoms with van der Waals surface area (Å²) < 4.78 is 35.3. The maximum atomic E-state index is 13.2. The first kappa shape index (κ1) is 21.5. The monoisotopic (exact) mass is 462 g/mol. The highest BCUT2D eigenvalue weighted by Gasteiger charge is 2.30. The first-order chi connectivity index (χ1) is 16.1. The van der Waals surface area contributed by atoms with E-state index < -0.39 is 10.0 Å². The Kier molecular flexibility index (Phi) is 5.78. The third-order valence-corrected chi connectivity index (χ3v) is 7.91. The van der Waals surface area contributed by atoms with Gasteiger partial charge in [0.25, 0.3) is 0 Å². The van der Waals surface area contributed by atoms with E-state index in [-0.39, 0.29) is 4.90 Å². The molecule has 1 aliphatic heterocycles. The number of rotatable bonds is 6. The molecule has 0 radical (unpaired) electrons. The van der Waals surface area contributed by atoms with Crippen LogP contribution in [0.15, 0.2) is 83.8 Å². The van der Waals surface area contributed by atoms with Gasteiger partial charge in [0.05, 0.1) is 29.6 Å². The highest BCUT2D eigenvalue weighted by molar-refractivity contribution is 7.89. The van der Waals surface area contributed by atoms with Gasteiger partial charge in [-0.2, -0.15) is 4.31 Å². The Morgan fingerprint density at radius 1 is 0.879 bits per heavy atom. The molecule has 0 amide bonds. The second-order valence-corrected chi connectivity index (χ2v) is 9.98. The van der Waals surface area contributed by atoms with E-state index in [9.17, 15) is 8.42 Å². The van der Waals surface area contributed by atoms with E-state index >= 15 is 0 Å². The number of benzene rings is 3. The first-order valence-electron chi connectivity index (χ1n) is 10.9. The molecule has 0 unspecified atom stereocenters. The Labute approximate surface area is 193 Å². The number of hydrogen-bond donors (Lipinski definition) is 0. The van der Waals surface area contributed by atoms with Gasteiger partial charge >= 0.3 is 0 Å². The molecule has 170 valence electrons. The fourth-order valence-electron chi connectivity index (χ4n) is 4.27. The van der Waals surface area contributed by atoms with E-state index in [1.54, 1.807) is 28.6 Å². The van der Waals surface area contributed by atoms with Crippen molar-refractivity contribution in [3.05, 3.63) is 84.4 Å². The van der Waals surface area contributed by atoms with Gasteiger partial charge in [0.1, 0.15) is 5.75 Å². The summed E-state index contributed by atoms with van der Waals surface area (Å²) in [7, 11) is -2.05. The Morgan fingerprint density at radius 2 is 1.61 bits per heavy atom. The number of ether oxygens (including phenoxy) is 1. The zero-order valence-corrected chi connectivity index (χ0v) is 19.3. The summed E-state index contributed by atoms with van der Waals surface area (Å²) >= 11 is 0. The molecule has 8 heteroatoms. The Balaban J connectivity index is 1.40. The first-order valence-corrected chi connectivity index (χ1v) is 12.4. The van der Waals surface area contributed by atoms with Crippen LogP contribution in [0.1, 0.15) is 5.56 Å². The van der Waals surface area contributed by atoms with Crippen LogP contribution in [0.5, 0.6) is 5.75 Å². The van der Waals surface area contributed by atoms with Crippen LogP contribution in [0.2, 0.25) is 0 Å². The smallest absolute Gasteiger partial charge is 0.243 e. The van der Waals surface area contributed by atoms with Gasteiger partial charge in [-0.1, -0.05) is 48.5 Å². The van der Waals surface area contributed by atoms with Gasteiger partial charge in [-0.05, 0) is 29.8 Å². The summed E-state index contributed by atoms with van der Waals surface area (Å²) in [4.78, 5) is 7.34. The molecule has 0 atom stereocenters. The molecule has 3 aromatic carbocycles. The lowest BCUT2D eigenvalue weighted by molar-refractivity contribution is 0.380. The third-order valence-electron chi connectivity index (χ3n) is 6.02. The van der Waals surface area contributed by atoms with Crippen molar-refractivity contribution in [3.63, 3.8) is 0 Å². The maximum absolute atomic E-state index is 13.2. The molecule has 0 saturated carbocycles. The summed E-state index contributed by atoms with van der Waals surface area (Å²) in [6.07, 6.45) is 0. The maximum Gasteiger partial charge on any atom is 0.243 e. The largest absolute Gasteiger partial charge is 0.497 e. The summed E-state index contributed by atoms with van der Waals surface area (Å²) in [6, 6.07) is 25.0. The molecular weight excluding hydrogens is 436 g/mol. The molecule has 33 heavy (non-hydrogen) atoms. The fourth-order valence-corrected chi connectivity index (χ4v) is 5.72. The van der Waals surface area contributed by atoms with Crippen LogP contribution in [-0.4, -0.2) is 55.6 Å². The second-order valence-electron chi connectivity index (χ2n) is 8.04. The van der Waals surface area contributed by atoms with Crippen molar-refractivity contribution in [1.29, 1.82) is 0 Å². The molecule has 7 nitrogen and oxygen atoms in total. The Hall–Kier alpha value is -3.36. The van der Waals surface area contributed by atoms with Crippen LogP contribution in [0.3, 0.4) is 0 Å². The molecule has 4 aromatic rings. The summed E-state index contributed by atoms with van der Waals surface area (Å²) in [5.41, 5.74) is 3.21. The molecule has 2 heterocycles. The number of sulfonamides is 1. The van der Waals surface area contributed by atoms with Gasteiger partial charge in [0.15, 0.2) is 0 Å². The van der Waals surface area contributed by atoms with Crippen molar-refractivity contribution in [2.45, 2.75) is 11.4 Å². The molecule has 1 aromatic heterocycles. The minimum Gasteiger partial charge on any atom is -0.497 e. The highest BCUT2D eigenvalue weighted by Crippen LogP contribution is 2.27. The Morgan fingerprint density at radius 3 is 2.36 bits per heavy atom. The number of hydrogen-bond acceptors (Lipinski definition) is 5. The molecule has 0 spiro atoms. The molecule has 0 aliphatic carbocycles. The average molecular weight is 463 g/mol. The van der Waals surface area contributed by atoms with E-state index in [4.69, 9.17) is 9.72 Å². The van der Waals surface area contributed by atoms with Crippen LogP contribution in [-0.2, 0) is 16.6 Å². The van der Waals surface area contributed by atoms with Gasteiger partial charge in [-0.15, -0.1) is 0 Å². The van der Waals surface area contributed by atoms with Crippen LogP contribution in [0.25, 0.3) is 11.0 Å². The van der Waals surface area contributed by atoms with Crippen LogP contribution < -0.4 is 9.64 Å². The lowest BCUT2D eigenvalue weighted by Gasteiger charge is -2.34. The molecule has 1 fully saturated rings. The fraction of sp³-hybridized carbons (Fsp3) is 0.240. The van der Waals surface area contributed by atoms with Crippen molar-refractivity contribution in [1.82, 2.24) is 13.9 Å². The summed E-state index contributed by atoms with van der Waals surface area (Å²) in [6.45, 7) is 2.64. The Bertz CT molecular complexity index is 1360. The van der Waals surface area contributed by atoms with E-state index in [1.807, 2.05) is 36.4 Å².